The average Bonchev–Trinajstić information content (AvgIpc) is 3.01. The van der Waals surface area contributed by atoms with E-state index in [9.17, 15) is 10.2 Å². The van der Waals surface area contributed by atoms with Crippen LogP contribution in [0.1, 0.15) is 12.2 Å². The van der Waals surface area contributed by atoms with Gasteiger partial charge in [-0.25, -0.2) is 0 Å². The van der Waals surface area contributed by atoms with Crippen LogP contribution < -0.4 is 0 Å². The summed E-state index contributed by atoms with van der Waals surface area (Å²) in [4.78, 5) is 4.26. The van der Waals surface area contributed by atoms with Crippen molar-refractivity contribution in [3.05, 3.63) is 24.0 Å². The highest BCUT2D eigenvalue weighted by Crippen LogP contribution is 2.31. The summed E-state index contributed by atoms with van der Waals surface area (Å²) >= 11 is 0. The largest absolute Gasteiger partial charge is 0.508 e. The van der Waals surface area contributed by atoms with Gasteiger partial charge >= 0.3 is 0 Å². The highest BCUT2D eigenvalue weighted by Gasteiger charge is 2.20. The quantitative estimate of drug-likeness (QED) is 0.875. The molecule has 0 radical (unpaired) electrons. The molecule has 100 valence electrons. The van der Waals surface area contributed by atoms with Gasteiger partial charge in [0.05, 0.1) is 5.56 Å². The fourth-order valence-electron chi connectivity index (χ4n) is 2.15. The van der Waals surface area contributed by atoms with E-state index in [1.54, 1.807) is 6.07 Å². The number of nitrogens with zero attached hydrogens (tertiary/aromatic N) is 2. The van der Waals surface area contributed by atoms with Gasteiger partial charge in [0, 0.05) is 25.7 Å². The van der Waals surface area contributed by atoms with Crippen molar-refractivity contribution in [2.45, 2.75) is 12.8 Å². The number of aromatic hydroxyl groups is 2. The van der Waals surface area contributed by atoms with Crippen LogP contribution in [0.25, 0.3) is 11.5 Å². The van der Waals surface area contributed by atoms with Crippen LogP contribution in [0.15, 0.2) is 22.7 Å². The van der Waals surface area contributed by atoms with E-state index in [-0.39, 0.29) is 17.4 Å². The molecule has 1 aliphatic rings. The molecule has 1 aliphatic heterocycles. The lowest BCUT2D eigenvalue weighted by molar-refractivity contribution is 0.185. The summed E-state index contributed by atoms with van der Waals surface area (Å²) < 4.78 is 10.4. The average molecular weight is 262 g/mol. The van der Waals surface area contributed by atoms with Gasteiger partial charge in [0.1, 0.15) is 11.5 Å². The Morgan fingerprint density at radius 3 is 2.95 bits per heavy atom. The summed E-state index contributed by atoms with van der Waals surface area (Å²) in [5, 5.41) is 22.9. The molecule has 19 heavy (non-hydrogen) atoms. The Hall–Kier alpha value is -2.08. The molecule has 1 unspecified atom stereocenters. The van der Waals surface area contributed by atoms with Gasteiger partial charge < -0.3 is 19.5 Å². The number of ether oxygens (including phenoxy) is 1. The summed E-state index contributed by atoms with van der Waals surface area (Å²) in [6.07, 6.45) is 1.72. The Kier molecular flexibility index (Phi) is 3.08. The Balaban J connectivity index is 1.80. The highest BCUT2D eigenvalue weighted by molar-refractivity contribution is 5.63. The van der Waals surface area contributed by atoms with E-state index in [0.29, 0.717) is 23.7 Å². The smallest absolute Gasteiger partial charge is 0.261 e. The fourth-order valence-corrected chi connectivity index (χ4v) is 2.15. The number of hydrogen-bond donors (Lipinski definition) is 2. The van der Waals surface area contributed by atoms with E-state index in [2.05, 4.69) is 10.1 Å². The van der Waals surface area contributed by atoms with Gasteiger partial charge in [-0.05, 0) is 24.5 Å². The van der Waals surface area contributed by atoms with Gasteiger partial charge in [-0.3, -0.25) is 0 Å². The van der Waals surface area contributed by atoms with Crippen molar-refractivity contribution in [3.63, 3.8) is 0 Å². The predicted octanol–water partition coefficient (Wildman–Crippen LogP) is 1.73. The lowest BCUT2D eigenvalue weighted by Gasteiger charge is -2.01. The van der Waals surface area contributed by atoms with Crippen molar-refractivity contribution >= 4 is 0 Å². The lowest BCUT2D eigenvalue weighted by atomic mass is 10.1. The Labute approximate surface area is 109 Å². The molecule has 0 amide bonds. The van der Waals surface area contributed by atoms with Gasteiger partial charge in [0.15, 0.2) is 5.82 Å². The number of phenolic OH excluding ortho intramolecular Hbond substituents is 2. The minimum absolute atomic E-state index is 0.0101. The molecule has 6 nitrogen and oxygen atoms in total. The molecule has 1 aromatic heterocycles. The van der Waals surface area contributed by atoms with Gasteiger partial charge in [0.25, 0.3) is 5.89 Å². The van der Waals surface area contributed by atoms with Crippen LogP contribution in [0.5, 0.6) is 11.5 Å². The van der Waals surface area contributed by atoms with E-state index in [1.807, 2.05) is 0 Å². The molecule has 3 rings (SSSR count). The maximum atomic E-state index is 9.73. The summed E-state index contributed by atoms with van der Waals surface area (Å²) in [5.74, 6) is 1.20. The zero-order chi connectivity index (χ0) is 13.2. The van der Waals surface area contributed by atoms with Gasteiger partial charge in [-0.2, -0.15) is 4.98 Å². The molecule has 0 spiro atoms. The molecule has 2 heterocycles. The van der Waals surface area contributed by atoms with E-state index in [4.69, 9.17) is 9.26 Å². The van der Waals surface area contributed by atoms with Crippen molar-refractivity contribution < 1.29 is 19.5 Å². The monoisotopic (exact) mass is 262 g/mol. The lowest BCUT2D eigenvalue weighted by Crippen LogP contribution is -2.04. The normalized spacial score (nSPS) is 18.8. The molecule has 1 saturated heterocycles. The third kappa shape index (κ3) is 2.53. The maximum absolute atomic E-state index is 9.73. The molecule has 1 atom stereocenters. The van der Waals surface area contributed by atoms with E-state index >= 15 is 0 Å². The first kappa shape index (κ1) is 12.0. The van der Waals surface area contributed by atoms with Crippen LogP contribution in [-0.4, -0.2) is 33.6 Å². The SMILES string of the molecule is Oc1ccc(-c2nc(CC3CCOC3)no2)c(O)c1. The van der Waals surface area contributed by atoms with Crippen molar-refractivity contribution in [1.82, 2.24) is 10.1 Å². The molecule has 6 heteroatoms. The van der Waals surface area contributed by atoms with Gasteiger partial charge in [-0.15, -0.1) is 0 Å². The number of rotatable bonds is 3. The second kappa shape index (κ2) is 4.89. The van der Waals surface area contributed by atoms with Crippen molar-refractivity contribution in [2.75, 3.05) is 13.2 Å². The van der Waals surface area contributed by atoms with Crippen molar-refractivity contribution in [3.8, 4) is 23.0 Å². The van der Waals surface area contributed by atoms with Crippen LogP contribution in [0.4, 0.5) is 0 Å². The summed E-state index contributed by atoms with van der Waals surface area (Å²) in [5.41, 5.74) is 0.416. The first-order valence-corrected chi connectivity index (χ1v) is 6.15. The van der Waals surface area contributed by atoms with Crippen LogP contribution in [0.3, 0.4) is 0 Å². The molecule has 0 bridgehead atoms. The number of benzene rings is 1. The van der Waals surface area contributed by atoms with Crippen LogP contribution in [-0.2, 0) is 11.2 Å². The topological polar surface area (TPSA) is 88.6 Å². The molecular weight excluding hydrogens is 248 g/mol. The van der Waals surface area contributed by atoms with Crippen molar-refractivity contribution in [2.24, 2.45) is 5.92 Å². The number of aromatic nitrogens is 2. The molecule has 1 aromatic carbocycles. The summed E-state index contributed by atoms with van der Waals surface area (Å²) in [7, 11) is 0. The number of hydrogen-bond acceptors (Lipinski definition) is 6. The van der Waals surface area contributed by atoms with Crippen LogP contribution in [0.2, 0.25) is 0 Å². The van der Waals surface area contributed by atoms with Crippen LogP contribution in [0, 0.1) is 5.92 Å². The molecule has 2 aromatic rings. The van der Waals surface area contributed by atoms with E-state index in [1.165, 1.54) is 12.1 Å². The Morgan fingerprint density at radius 1 is 1.32 bits per heavy atom. The zero-order valence-electron chi connectivity index (χ0n) is 10.2. The van der Waals surface area contributed by atoms with E-state index in [0.717, 1.165) is 19.6 Å². The Bertz CT molecular complexity index is 576. The minimum Gasteiger partial charge on any atom is -0.508 e. The Morgan fingerprint density at radius 2 is 2.21 bits per heavy atom. The van der Waals surface area contributed by atoms with Gasteiger partial charge in [-0.1, -0.05) is 5.16 Å². The first-order chi connectivity index (χ1) is 9.22. The first-order valence-electron chi connectivity index (χ1n) is 6.15. The second-order valence-electron chi connectivity index (χ2n) is 4.65. The van der Waals surface area contributed by atoms with E-state index < -0.39 is 0 Å². The highest BCUT2D eigenvalue weighted by atomic mass is 16.5. The van der Waals surface area contributed by atoms with Crippen LogP contribution >= 0.6 is 0 Å². The minimum atomic E-state index is -0.0839. The summed E-state index contributed by atoms with van der Waals surface area (Å²) in [6.45, 7) is 1.52. The third-order valence-electron chi connectivity index (χ3n) is 3.18. The zero-order valence-corrected chi connectivity index (χ0v) is 10.2. The molecule has 0 saturated carbocycles. The van der Waals surface area contributed by atoms with Crippen molar-refractivity contribution in [1.29, 1.82) is 0 Å². The third-order valence-corrected chi connectivity index (χ3v) is 3.18. The molecular formula is C13H14N2O4. The second-order valence-corrected chi connectivity index (χ2v) is 4.65. The summed E-state index contributed by atoms with van der Waals surface area (Å²) in [6, 6.07) is 4.24. The fraction of sp³-hybridized carbons (Fsp3) is 0.385. The van der Waals surface area contributed by atoms with Gasteiger partial charge in [0.2, 0.25) is 0 Å². The molecule has 1 fully saturated rings. The predicted molar refractivity (Wildman–Crippen MR) is 65.7 cm³/mol. The molecule has 2 N–H and O–H groups in total. The molecule has 0 aliphatic carbocycles. The standard InChI is InChI=1S/C13H14N2O4/c16-9-1-2-10(11(17)6-9)13-14-12(15-19-13)5-8-3-4-18-7-8/h1-2,6,8,16-17H,3-5,7H2. The maximum Gasteiger partial charge on any atom is 0.261 e. The number of phenols is 2.